The Kier molecular flexibility index (Phi) is 16.7. The molecular weight excluding hydrogens is 827 g/mol. The van der Waals surface area contributed by atoms with Crippen LogP contribution in [-0.4, -0.2) is 77.4 Å². The summed E-state index contributed by atoms with van der Waals surface area (Å²) < 4.78 is 15.5. The molecule has 17 heteroatoms. The first-order chi connectivity index (χ1) is 28.8. The Hall–Kier alpha value is -5.64. The van der Waals surface area contributed by atoms with Gasteiger partial charge in [-0.05, 0) is 79.4 Å². The first-order valence-corrected chi connectivity index (χ1v) is 21.0. The molecule has 14 nitrogen and oxygen atoms in total. The maximum atomic E-state index is 13.1. The van der Waals surface area contributed by atoms with Crippen LogP contribution in [0.4, 0.5) is 22.7 Å². The average molecular weight is 878 g/mol. The molecule has 0 bridgehead atoms. The maximum absolute atomic E-state index is 13.1. The number of carbonyl (C=O) groups excluding carboxylic acids is 4. The van der Waals surface area contributed by atoms with Gasteiger partial charge >= 0.3 is 0 Å². The number of rotatable bonds is 20. The summed E-state index contributed by atoms with van der Waals surface area (Å²) >= 11 is 13.5. The molecule has 4 N–H and O–H groups in total. The number of amides is 4. The molecule has 0 saturated carbocycles. The zero-order chi connectivity index (χ0) is 43.2. The Bertz CT molecular complexity index is 2190. The molecule has 4 aromatic carbocycles. The van der Waals surface area contributed by atoms with E-state index < -0.39 is 0 Å². The Morgan fingerprint density at radius 1 is 0.900 bits per heavy atom. The SMILES string of the molecule is CCCOc1cccc(Oc2cc(N(C)C)c(N(C)C=O)cc2NSc2cccc(C(=O)NCCC(=O)NCCCC(=O)NC3=NN(c4ccc(Cl)c(Cl)c4)CC3C)c2)c1. The van der Waals surface area contributed by atoms with Crippen LogP contribution in [0.25, 0.3) is 0 Å². The minimum Gasteiger partial charge on any atom is -0.493 e. The Balaban J connectivity index is 1.09. The Labute approximate surface area is 365 Å². The summed E-state index contributed by atoms with van der Waals surface area (Å²) in [7, 11) is 5.45. The van der Waals surface area contributed by atoms with Crippen LogP contribution in [0.1, 0.15) is 49.9 Å². The monoisotopic (exact) mass is 876 g/mol. The number of nitrogens with one attached hydrogen (secondary N) is 4. The largest absolute Gasteiger partial charge is 0.493 e. The quantitative estimate of drug-likeness (QED) is 0.0391. The normalized spacial score (nSPS) is 13.2. The number of nitrogens with zero attached hydrogens (tertiary/aromatic N) is 4. The summed E-state index contributed by atoms with van der Waals surface area (Å²) in [6, 6.07) is 23.4. The number of halogens is 2. The molecule has 0 aromatic heterocycles. The fraction of sp³-hybridized carbons (Fsp3) is 0.326. The van der Waals surface area contributed by atoms with Crippen LogP contribution in [-0.2, 0) is 14.4 Å². The van der Waals surface area contributed by atoms with Crippen LogP contribution in [0.15, 0.2) is 88.9 Å². The second-order valence-corrected chi connectivity index (χ2v) is 15.9. The highest BCUT2D eigenvalue weighted by Crippen LogP contribution is 2.42. The molecule has 1 heterocycles. The second kappa shape index (κ2) is 22.1. The summed E-state index contributed by atoms with van der Waals surface area (Å²) in [4.78, 5) is 54.1. The third kappa shape index (κ3) is 12.9. The molecule has 60 heavy (non-hydrogen) atoms. The first kappa shape index (κ1) is 45.4. The zero-order valence-corrected chi connectivity index (χ0v) is 36.5. The van der Waals surface area contributed by atoms with Gasteiger partial charge in [-0.25, -0.2) is 0 Å². The predicted octanol–water partition coefficient (Wildman–Crippen LogP) is 7.95. The summed E-state index contributed by atoms with van der Waals surface area (Å²) in [5.41, 5.74) is 3.22. The molecule has 0 spiro atoms. The van der Waals surface area contributed by atoms with Crippen molar-refractivity contribution < 1.29 is 28.7 Å². The topological polar surface area (TPSA) is 157 Å². The second-order valence-electron chi connectivity index (χ2n) is 14.2. The average Bonchev–Trinajstić information content (AvgIpc) is 3.60. The van der Waals surface area contributed by atoms with Crippen molar-refractivity contribution in [1.29, 1.82) is 0 Å². The van der Waals surface area contributed by atoms with Gasteiger partial charge in [0.2, 0.25) is 18.2 Å². The standard InChI is InChI=1S/C43H50Cl2N8O6S/c1-6-20-58-31-11-8-12-32(23-31)59-39-25-37(51(3)4)38(52(5)27-54)24-36(39)50-60-33-13-7-10-29(21-33)43(57)47-19-17-40(55)46-18-9-14-41(56)48-42-28(2)26-53(49-42)30-15-16-34(44)35(45)22-30/h7-8,10-13,15-16,21-25,27-28,50H,6,9,14,17-20,26H2,1-5H3,(H,46,55)(H,47,57)(H,48,49,56). The Morgan fingerprint density at radius 2 is 1.68 bits per heavy atom. The lowest BCUT2D eigenvalue weighted by Gasteiger charge is -2.24. The summed E-state index contributed by atoms with van der Waals surface area (Å²) in [5.74, 6) is 1.58. The van der Waals surface area contributed by atoms with E-state index in [1.807, 2.05) is 81.4 Å². The van der Waals surface area contributed by atoms with Crippen molar-refractivity contribution in [3.63, 3.8) is 0 Å². The van der Waals surface area contributed by atoms with E-state index in [-0.39, 0.29) is 43.0 Å². The van der Waals surface area contributed by atoms with E-state index in [9.17, 15) is 19.2 Å². The van der Waals surface area contributed by atoms with Gasteiger partial charge in [0.25, 0.3) is 5.91 Å². The van der Waals surface area contributed by atoms with Crippen molar-refractivity contribution >= 4 is 87.9 Å². The minimum absolute atomic E-state index is 0.00212. The highest BCUT2D eigenvalue weighted by atomic mass is 35.5. The van der Waals surface area contributed by atoms with Crippen LogP contribution in [0, 0.1) is 5.92 Å². The molecule has 0 aliphatic carbocycles. The van der Waals surface area contributed by atoms with Crippen molar-refractivity contribution in [3.8, 4) is 17.2 Å². The number of ether oxygens (including phenoxy) is 2. The zero-order valence-electron chi connectivity index (χ0n) is 34.2. The number of hydrazone groups is 1. The van der Waals surface area contributed by atoms with Gasteiger partial charge in [0.1, 0.15) is 17.3 Å². The molecule has 4 aromatic rings. The van der Waals surface area contributed by atoms with E-state index in [0.29, 0.717) is 76.2 Å². The van der Waals surface area contributed by atoms with Gasteiger partial charge < -0.3 is 39.9 Å². The highest BCUT2D eigenvalue weighted by molar-refractivity contribution is 8.00. The van der Waals surface area contributed by atoms with Gasteiger partial charge in [-0.2, -0.15) is 5.10 Å². The number of amidine groups is 1. The van der Waals surface area contributed by atoms with Gasteiger partial charge in [0.05, 0.1) is 45.9 Å². The minimum atomic E-state index is -0.330. The molecule has 0 fully saturated rings. The molecule has 1 unspecified atom stereocenters. The molecule has 4 amide bonds. The molecule has 0 saturated heterocycles. The van der Waals surface area contributed by atoms with E-state index in [0.717, 1.165) is 29.1 Å². The van der Waals surface area contributed by atoms with Crippen LogP contribution < -0.4 is 45.0 Å². The highest BCUT2D eigenvalue weighted by Gasteiger charge is 2.25. The van der Waals surface area contributed by atoms with Crippen LogP contribution in [0.5, 0.6) is 17.2 Å². The predicted molar refractivity (Wildman–Crippen MR) is 241 cm³/mol. The maximum Gasteiger partial charge on any atom is 0.251 e. The molecule has 1 aliphatic heterocycles. The van der Waals surface area contributed by atoms with Crippen LogP contribution in [0.2, 0.25) is 10.0 Å². The van der Waals surface area contributed by atoms with E-state index >= 15 is 0 Å². The molecule has 1 aliphatic rings. The smallest absolute Gasteiger partial charge is 0.251 e. The van der Waals surface area contributed by atoms with Gasteiger partial charge in [-0.3, -0.25) is 24.2 Å². The third-order valence-corrected chi connectivity index (χ3v) is 10.7. The number of hydrogen-bond acceptors (Lipinski definition) is 11. The first-order valence-electron chi connectivity index (χ1n) is 19.5. The van der Waals surface area contributed by atoms with Crippen molar-refractivity contribution in [2.45, 2.75) is 44.4 Å². The van der Waals surface area contributed by atoms with Crippen LogP contribution in [0.3, 0.4) is 0 Å². The number of anilines is 4. The van der Waals surface area contributed by atoms with Gasteiger partial charge in [0, 0.05) is 75.6 Å². The van der Waals surface area contributed by atoms with E-state index in [4.69, 9.17) is 32.7 Å². The summed E-state index contributed by atoms with van der Waals surface area (Å²) in [6.07, 6.45) is 2.33. The fourth-order valence-corrected chi connectivity index (χ4v) is 6.95. The van der Waals surface area contributed by atoms with Crippen LogP contribution >= 0.6 is 35.1 Å². The van der Waals surface area contributed by atoms with E-state index in [2.05, 4.69) is 25.8 Å². The Morgan fingerprint density at radius 3 is 2.43 bits per heavy atom. The molecular formula is C43H50Cl2N8O6S. The third-order valence-electron chi connectivity index (χ3n) is 9.13. The lowest BCUT2D eigenvalue weighted by atomic mass is 10.1. The molecule has 5 rings (SSSR count). The number of carbonyl (C=O) groups is 4. The van der Waals surface area contributed by atoms with Crippen molar-refractivity contribution in [3.05, 3.63) is 94.5 Å². The van der Waals surface area contributed by atoms with Gasteiger partial charge in [-0.15, -0.1) is 0 Å². The molecule has 0 radical (unpaired) electrons. The van der Waals surface area contributed by atoms with Gasteiger partial charge in [0.15, 0.2) is 5.75 Å². The fourth-order valence-electron chi connectivity index (χ4n) is 5.94. The number of benzene rings is 4. The van der Waals surface area contributed by atoms with Crippen molar-refractivity contribution in [1.82, 2.24) is 16.0 Å². The lowest BCUT2D eigenvalue weighted by molar-refractivity contribution is -0.122. The summed E-state index contributed by atoms with van der Waals surface area (Å²) in [5, 5.41) is 15.7. The van der Waals surface area contributed by atoms with Crippen molar-refractivity contribution in [2.75, 3.05) is 66.9 Å². The lowest BCUT2D eigenvalue weighted by Crippen LogP contribution is -2.34. The number of hydrogen-bond donors (Lipinski definition) is 4. The van der Waals surface area contributed by atoms with Crippen molar-refractivity contribution in [2.24, 2.45) is 11.0 Å². The van der Waals surface area contributed by atoms with E-state index in [1.54, 1.807) is 42.4 Å². The van der Waals surface area contributed by atoms with Gasteiger partial charge in [-0.1, -0.05) is 49.2 Å². The van der Waals surface area contributed by atoms with E-state index in [1.165, 1.54) is 16.8 Å². The molecule has 1 atom stereocenters. The summed E-state index contributed by atoms with van der Waals surface area (Å²) in [6.45, 7) is 5.62. The molecule has 318 valence electrons.